The molecule has 0 spiro atoms. The van der Waals surface area contributed by atoms with Gasteiger partial charge in [0.15, 0.2) is 0 Å². The van der Waals surface area contributed by atoms with Gasteiger partial charge in [-0.05, 0) is 66.5 Å². The van der Waals surface area contributed by atoms with E-state index in [1.807, 2.05) is 11.3 Å². The highest BCUT2D eigenvalue weighted by molar-refractivity contribution is 7.07. The van der Waals surface area contributed by atoms with Crippen LogP contribution in [0.15, 0.2) is 16.8 Å². The molecule has 1 aromatic heterocycles. The van der Waals surface area contributed by atoms with Crippen molar-refractivity contribution < 1.29 is 0 Å². The molecule has 1 nitrogen and oxygen atoms in total. The number of nitrogens with one attached hydrogen (secondary N) is 1. The fraction of sp³-hybridized carbons (Fsp3) is 0.750. The Morgan fingerprint density at radius 1 is 1.22 bits per heavy atom. The van der Waals surface area contributed by atoms with Crippen LogP contribution in [0.25, 0.3) is 0 Å². The van der Waals surface area contributed by atoms with Crippen molar-refractivity contribution in [2.75, 3.05) is 6.54 Å². The number of thiophene rings is 1. The third-order valence-corrected chi connectivity index (χ3v) is 4.04. The average molecular weight is 267 g/mol. The molecule has 0 aliphatic rings. The summed E-state index contributed by atoms with van der Waals surface area (Å²) in [6.07, 6.45) is 5.05. The minimum atomic E-state index is 0.647. The molecule has 1 heterocycles. The van der Waals surface area contributed by atoms with E-state index in [0.29, 0.717) is 6.04 Å². The zero-order valence-electron chi connectivity index (χ0n) is 12.4. The summed E-state index contributed by atoms with van der Waals surface area (Å²) in [6, 6.07) is 2.91. The van der Waals surface area contributed by atoms with Gasteiger partial charge in [-0.25, -0.2) is 0 Å². The van der Waals surface area contributed by atoms with Crippen molar-refractivity contribution in [2.45, 2.75) is 59.4 Å². The zero-order chi connectivity index (χ0) is 13.4. The summed E-state index contributed by atoms with van der Waals surface area (Å²) in [5.74, 6) is 1.63. The molecule has 0 aliphatic heterocycles. The predicted molar refractivity (Wildman–Crippen MR) is 83.3 cm³/mol. The molecule has 104 valence electrons. The Bertz CT molecular complexity index is 292. The van der Waals surface area contributed by atoms with Crippen LogP contribution in [-0.2, 0) is 6.42 Å². The Labute approximate surface area is 117 Å². The molecular formula is C16H29NS. The van der Waals surface area contributed by atoms with Crippen LogP contribution in [0.1, 0.15) is 52.5 Å². The second-order valence-electron chi connectivity index (χ2n) is 5.96. The minimum Gasteiger partial charge on any atom is -0.314 e. The van der Waals surface area contributed by atoms with E-state index in [4.69, 9.17) is 0 Å². The quantitative estimate of drug-likeness (QED) is 0.682. The van der Waals surface area contributed by atoms with Gasteiger partial charge in [0.2, 0.25) is 0 Å². The summed E-state index contributed by atoms with van der Waals surface area (Å²) >= 11 is 1.81. The highest BCUT2D eigenvalue weighted by Gasteiger charge is 2.14. The van der Waals surface area contributed by atoms with Crippen molar-refractivity contribution in [1.82, 2.24) is 5.32 Å². The van der Waals surface area contributed by atoms with E-state index in [1.165, 1.54) is 31.2 Å². The number of hydrogen-bond donors (Lipinski definition) is 1. The highest BCUT2D eigenvalue weighted by Crippen LogP contribution is 2.19. The summed E-state index contributed by atoms with van der Waals surface area (Å²) in [4.78, 5) is 0. The molecule has 0 amide bonds. The van der Waals surface area contributed by atoms with E-state index >= 15 is 0 Å². The van der Waals surface area contributed by atoms with Crippen molar-refractivity contribution in [1.29, 1.82) is 0 Å². The predicted octanol–water partition coefficient (Wildman–Crippen LogP) is 4.73. The Kier molecular flexibility index (Phi) is 7.60. The molecule has 2 unspecified atom stereocenters. The van der Waals surface area contributed by atoms with Gasteiger partial charge < -0.3 is 5.32 Å². The van der Waals surface area contributed by atoms with Gasteiger partial charge >= 0.3 is 0 Å². The van der Waals surface area contributed by atoms with E-state index in [0.717, 1.165) is 18.4 Å². The molecule has 2 heteroatoms. The maximum Gasteiger partial charge on any atom is 0.0110 e. The molecule has 0 aromatic carbocycles. The Morgan fingerprint density at radius 2 is 2.00 bits per heavy atom. The molecule has 0 bridgehead atoms. The molecule has 1 aromatic rings. The molecule has 18 heavy (non-hydrogen) atoms. The van der Waals surface area contributed by atoms with Crippen molar-refractivity contribution in [2.24, 2.45) is 11.8 Å². The van der Waals surface area contributed by atoms with Crippen LogP contribution >= 0.6 is 11.3 Å². The van der Waals surface area contributed by atoms with Gasteiger partial charge in [0.05, 0.1) is 0 Å². The van der Waals surface area contributed by atoms with Crippen LogP contribution in [-0.4, -0.2) is 12.6 Å². The van der Waals surface area contributed by atoms with Gasteiger partial charge in [0, 0.05) is 6.04 Å². The highest BCUT2D eigenvalue weighted by atomic mass is 32.1. The second-order valence-corrected chi connectivity index (χ2v) is 6.74. The summed E-state index contributed by atoms with van der Waals surface area (Å²) < 4.78 is 0. The van der Waals surface area contributed by atoms with E-state index in [9.17, 15) is 0 Å². The summed E-state index contributed by atoms with van der Waals surface area (Å²) in [5.41, 5.74) is 1.49. The normalized spacial score (nSPS) is 14.9. The lowest BCUT2D eigenvalue weighted by atomic mass is 9.90. The van der Waals surface area contributed by atoms with Crippen LogP contribution < -0.4 is 5.32 Å². The summed E-state index contributed by atoms with van der Waals surface area (Å²) in [7, 11) is 0. The lowest BCUT2D eigenvalue weighted by Gasteiger charge is -2.23. The summed E-state index contributed by atoms with van der Waals surface area (Å²) in [6.45, 7) is 10.4. The Hall–Kier alpha value is -0.340. The summed E-state index contributed by atoms with van der Waals surface area (Å²) in [5, 5.41) is 8.19. The number of rotatable bonds is 9. The molecule has 2 atom stereocenters. The lowest BCUT2D eigenvalue weighted by Crippen LogP contribution is -2.33. The smallest absolute Gasteiger partial charge is 0.0110 e. The molecular weight excluding hydrogens is 238 g/mol. The fourth-order valence-corrected chi connectivity index (χ4v) is 3.35. The number of hydrogen-bond acceptors (Lipinski definition) is 2. The third-order valence-electron chi connectivity index (χ3n) is 3.31. The van der Waals surface area contributed by atoms with E-state index in [2.05, 4.69) is 49.8 Å². The SMILES string of the molecule is CCCNC(Cc1ccsc1)CC(C)CC(C)C. The van der Waals surface area contributed by atoms with Crippen LogP contribution in [0, 0.1) is 11.8 Å². The van der Waals surface area contributed by atoms with Crippen LogP contribution in [0.2, 0.25) is 0 Å². The topological polar surface area (TPSA) is 12.0 Å². The van der Waals surface area contributed by atoms with E-state index < -0.39 is 0 Å². The Morgan fingerprint density at radius 3 is 2.56 bits per heavy atom. The first-order chi connectivity index (χ1) is 8.61. The average Bonchev–Trinajstić information content (AvgIpc) is 2.77. The molecule has 1 rings (SSSR count). The largest absolute Gasteiger partial charge is 0.314 e. The first-order valence-electron chi connectivity index (χ1n) is 7.36. The van der Waals surface area contributed by atoms with Gasteiger partial charge in [0.1, 0.15) is 0 Å². The van der Waals surface area contributed by atoms with Crippen LogP contribution in [0.3, 0.4) is 0 Å². The van der Waals surface area contributed by atoms with Gasteiger partial charge in [-0.2, -0.15) is 11.3 Å². The van der Waals surface area contributed by atoms with E-state index in [-0.39, 0.29) is 0 Å². The van der Waals surface area contributed by atoms with Crippen LogP contribution in [0.4, 0.5) is 0 Å². The molecule has 1 N–H and O–H groups in total. The van der Waals surface area contributed by atoms with Gasteiger partial charge in [0.25, 0.3) is 0 Å². The lowest BCUT2D eigenvalue weighted by molar-refractivity contribution is 0.350. The van der Waals surface area contributed by atoms with Crippen molar-refractivity contribution in [3.8, 4) is 0 Å². The standard InChI is InChI=1S/C16H29NS/c1-5-7-17-16(10-14(4)9-13(2)3)11-15-6-8-18-12-15/h6,8,12-14,16-17H,5,7,9-11H2,1-4H3. The van der Waals surface area contributed by atoms with Gasteiger partial charge in [-0.1, -0.05) is 27.7 Å². The van der Waals surface area contributed by atoms with Gasteiger partial charge in [-0.15, -0.1) is 0 Å². The molecule has 0 aliphatic carbocycles. The maximum absolute atomic E-state index is 3.72. The first kappa shape index (κ1) is 15.7. The first-order valence-corrected chi connectivity index (χ1v) is 8.30. The monoisotopic (exact) mass is 267 g/mol. The molecule has 0 saturated carbocycles. The molecule has 0 fully saturated rings. The fourth-order valence-electron chi connectivity index (χ4n) is 2.67. The van der Waals surface area contributed by atoms with Crippen molar-refractivity contribution >= 4 is 11.3 Å². The minimum absolute atomic E-state index is 0.647. The van der Waals surface area contributed by atoms with E-state index in [1.54, 1.807) is 0 Å². The zero-order valence-corrected chi connectivity index (χ0v) is 13.2. The molecule has 0 radical (unpaired) electrons. The maximum atomic E-state index is 3.72. The second kappa shape index (κ2) is 8.71. The van der Waals surface area contributed by atoms with Crippen molar-refractivity contribution in [3.63, 3.8) is 0 Å². The molecule has 0 saturated heterocycles. The van der Waals surface area contributed by atoms with Gasteiger partial charge in [-0.3, -0.25) is 0 Å². The van der Waals surface area contributed by atoms with Crippen LogP contribution in [0.5, 0.6) is 0 Å². The Balaban J connectivity index is 2.44. The third kappa shape index (κ3) is 6.55. The van der Waals surface area contributed by atoms with Crippen molar-refractivity contribution in [3.05, 3.63) is 22.4 Å².